The molecule has 0 bridgehead atoms. The van der Waals surface area contributed by atoms with Crippen molar-refractivity contribution < 1.29 is 18.0 Å². The molecule has 0 radical (unpaired) electrons. The number of nitrogens with two attached hydrogens (primary N) is 1. The fraction of sp³-hybridized carbons (Fsp3) is 0.231. The summed E-state index contributed by atoms with van der Waals surface area (Å²) in [5.41, 5.74) is 9.15. The number of aromatic nitrogens is 3. The van der Waals surface area contributed by atoms with E-state index in [-0.39, 0.29) is 12.1 Å². The Morgan fingerprint density at radius 2 is 1.84 bits per heavy atom. The highest BCUT2D eigenvalue weighted by molar-refractivity contribution is 6.02. The molecule has 2 aromatic carbocycles. The van der Waals surface area contributed by atoms with E-state index in [4.69, 9.17) is 16.0 Å². The lowest BCUT2D eigenvalue weighted by Gasteiger charge is -2.12. The van der Waals surface area contributed by atoms with E-state index in [2.05, 4.69) is 21.8 Å². The number of pyridine rings is 1. The van der Waals surface area contributed by atoms with Gasteiger partial charge in [0.2, 0.25) is 0 Å². The highest BCUT2D eigenvalue weighted by Gasteiger charge is 2.30. The van der Waals surface area contributed by atoms with E-state index in [1.807, 2.05) is 18.2 Å². The molecule has 0 atom stereocenters. The van der Waals surface area contributed by atoms with E-state index < -0.39 is 17.8 Å². The zero-order valence-electron chi connectivity index (χ0n) is 19.5. The van der Waals surface area contributed by atoms with E-state index in [9.17, 15) is 18.0 Å². The average molecular weight is 506 g/mol. The number of hydrogen-bond acceptors (Lipinski definition) is 5. The van der Waals surface area contributed by atoms with Crippen molar-refractivity contribution in [3.05, 3.63) is 65.9 Å². The van der Waals surface area contributed by atoms with Crippen molar-refractivity contribution in [2.45, 2.75) is 37.9 Å². The zero-order valence-corrected chi connectivity index (χ0v) is 19.5. The third-order valence-corrected chi connectivity index (χ3v) is 6.08. The number of fused-ring (bicyclic) bond motifs is 1. The van der Waals surface area contributed by atoms with Gasteiger partial charge < -0.3 is 16.4 Å². The first-order valence-corrected chi connectivity index (χ1v) is 11.6. The summed E-state index contributed by atoms with van der Waals surface area (Å²) < 4.78 is 40.4. The van der Waals surface area contributed by atoms with E-state index in [1.165, 1.54) is 12.1 Å². The Bertz CT molecular complexity index is 1520. The average Bonchev–Trinajstić information content (AvgIpc) is 3.67. The van der Waals surface area contributed by atoms with Crippen LogP contribution >= 0.6 is 0 Å². The smallest absolute Gasteiger partial charge is 0.382 e. The summed E-state index contributed by atoms with van der Waals surface area (Å²) in [4.78, 5) is 17.2. The molecule has 1 aliphatic rings. The van der Waals surface area contributed by atoms with Crippen molar-refractivity contribution in [2.75, 3.05) is 16.4 Å². The molecular weight excluding hydrogens is 483 g/mol. The minimum absolute atomic E-state index is 0.0274. The number of alkyl halides is 3. The number of amides is 2. The van der Waals surface area contributed by atoms with Gasteiger partial charge in [0, 0.05) is 23.0 Å². The quantitative estimate of drug-likeness (QED) is 0.291. The Labute approximate surface area is 209 Å². The van der Waals surface area contributed by atoms with Crippen LogP contribution in [0.4, 0.5) is 35.2 Å². The van der Waals surface area contributed by atoms with Crippen LogP contribution in [0.1, 0.15) is 36.4 Å². The molecule has 5 rings (SSSR count). The topological polar surface area (TPSA) is 122 Å². The van der Waals surface area contributed by atoms with Crippen molar-refractivity contribution in [2.24, 2.45) is 0 Å². The van der Waals surface area contributed by atoms with Gasteiger partial charge in [-0.15, -0.1) is 0 Å². The molecule has 1 saturated carbocycles. The number of hydrogen-bond donors (Lipinski definition) is 3. The molecule has 37 heavy (non-hydrogen) atoms. The van der Waals surface area contributed by atoms with E-state index in [1.54, 1.807) is 16.8 Å². The fourth-order valence-electron chi connectivity index (χ4n) is 4.15. The van der Waals surface area contributed by atoms with Gasteiger partial charge >= 0.3 is 12.2 Å². The number of carbonyl (C=O) groups is 1. The molecule has 1 fully saturated rings. The molecule has 2 amide bonds. The molecule has 0 unspecified atom stereocenters. The maximum absolute atomic E-state index is 12.9. The maximum Gasteiger partial charge on any atom is 0.416 e. The van der Waals surface area contributed by atoms with Crippen LogP contribution in [-0.4, -0.2) is 20.8 Å². The summed E-state index contributed by atoms with van der Waals surface area (Å²) in [6, 6.07) is 14.9. The second kappa shape index (κ2) is 9.46. The normalized spacial score (nSPS) is 13.4. The van der Waals surface area contributed by atoms with Gasteiger partial charge in [0.1, 0.15) is 0 Å². The molecule has 0 aliphatic heterocycles. The van der Waals surface area contributed by atoms with Gasteiger partial charge in [-0.2, -0.15) is 23.5 Å². The zero-order chi connectivity index (χ0) is 26.2. The molecule has 8 nitrogen and oxygen atoms in total. The molecule has 2 heterocycles. The van der Waals surface area contributed by atoms with Crippen LogP contribution in [0, 0.1) is 11.3 Å². The third kappa shape index (κ3) is 5.18. The highest BCUT2D eigenvalue weighted by Crippen LogP contribution is 2.43. The number of nitrogens with one attached hydrogen (secondary N) is 2. The van der Waals surface area contributed by atoms with E-state index in [0.29, 0.717) is 35.0 Å². The van der Waals surface area contributed by atoms with Crippen LogP contribution in [0.15, 0.2) is 54.6 Å². The van der Waals surface area contributed by atoms with Crippen LogP contribution in [0.25, 0.3) is 22.2 Å². The standard InChI is InChI=1S/C26H22F3N7O/c27-26(28,29)17-3-1-4-19(13-17)33-25(37)32-18-9-7-15(8-10-18)20-14-21(16-5-6-16)34-24-22(20)23(31)35-36(24)12-2-11-30/h1,3-4,7-10,13-14,16H,2,5-6,12H2,(H2,31,35)(H2,32,33,37). The number of aryl methyl sites for hydroxylation is 1. The Kier molecular flexibility index (Phi) is 6.17. The molecule has 0 saturated heterocycles. The Morgan fingerprint density at radius 1 is 1.11 bits per heavy atom. The number of anilines is 3. The number of benzene rings is 2. The molecule has 1 aliphatic carbocycles. The number of halogens is 3. The summed E-state index contributed by atoms with van der Waals surface area (Å²) in [6.07, 6.45) is -2.10. The predicted octanol–water partition coefficient (Wildman–Crippen LogP) is 6.13. The van der Waals surface area contributed by atoms with Crippen molar-refractivity contribution in [1.29, 1.82) is 5.26 Å². The van der Waals surface area contributed by atoms with Gasteiger partial charge in [0.25, 0.3) is 0 Å². The SMILES string of the molecule is N#CCCn1nc(N)c2c(-c3ccc(NC(=O)Nc4cccc(C(F)(F)F)c4)cc3)cc(C3CC3)nc21. The van der Waals surface area contributed by atoms with Gasteiger partial charge in [0.15, 0.2) is 11.5 Å². The highest BCUT2D eigenvalue weighted by atomic mass is 19.4. The Morgan fingerprint density at radius 3 is 2.51 bits per heavy atom. The lowest BCUT2D eigenvalue weighted by molar-refractivity contribution is -0.137. The van der Waals surface area contributed by atoms with Gasteiger partial charge in [-0.1, -0.05) is 18.2 Å². The number of urea groups is 1. The predicted molar refractivity (Wildman–Crippen MR) is 134 cm³/mol. The first-order chi connectivity index (χ1) is 17.7. The summed E-state index contributed by atoms with van der Waals surface area (Å²) in [5, 5.41) is 19.1. The first-order valence-electron chi connectivity index (χ1n) is 11.6. The van der Waals surface area contributed by atoms with Gasteiger partial charge in [-0.25, -0.2) is 14.5 Å². The maximum atomic E-state index is 12.9. The fourth-order valence-corrected chi connectivity index (χ4v) is 4.15. The van der Waals surface area contributed by atoms with Crippen molar-refractivity contribution >= 4 is 34.3 Å². The lowest BCUT2D eigenvalue weighted by atomic mass is 10.0. The van der Waals surface area contributed by atoms with Gasteiger partial charge in [-0.05, 0) is 60.4 Å². The van der Waals surface area contributed by atoms with Crippen LogP contribution in [0.2, 0.25) is 0 Å². The summed E-state index contributed by atoms with van der Waals surface area (Å²) in [6.45, 7) is 0.384. The van der Waals surface area contributed by atoms with Crippen LogP contribution < -0.4 is 16.4 Å². The number of rotatable bonds is 6. The third-order valence-electron chi connectivity index (χ3n) is 6.08. The summed E-state index contributed by atoms with van der Waals surface area (Å²) in [5.74, 6) is 0.699. The number of nitrogens with zero attached hydrogens (tertiary/aromatic N) is 4. The van der Waals surface area contributed by atoms with Crippen molar-refractivity contribution in [3.8, 4) is 17.2 Å². The Balaban J connectivity index is 1.38. The molecular formula is C26H22F3N7O. The number of nitrogen functional groups attached to an aromatic ring is 1. The monoisotopic (exact) mass is 505 g/mol. The second-order valence-corrected chi connectivity index (χ2v) is 8.82. The van der Waals surface area contributed by atoms with E-state index >= 15 is 0 Å². The van der Waals surface area contributed by atoms with Gasteiger partial charge in [0.05, 0.1) is 30.0 Å². The van der Waals surface area contributed by atoms with Gasteiger partial charge in [-0.3, -0.25) is 0 Å². The first kappa shape index (κ1) is 24.1. The molecule has 11 heteroatoms. The Hall–Kier alpha value is -4.59. The molecule has 4 N–H and O–H groups in total. The van der Waals surface area contributed by atoms with Crippen LogP contribution in [-0.2, 0) is 12.7 Å². The summed E-state index contributed by atoms with van der Waals surface area (Å²) in [7, 11) is 0. The number of nitriles is 1. The lowest BCUT2D eigenvalue weighted by Crippen LogP contribution is -2.19. The minimum atomic E-state index is -4.50. The minimum Gasteiger partial charge on any atom is -0.382 e. The molecule has 188 valence electrons. The van der Waals surface area contributed by atoms with Crippen molar-refractivity contribution in [3.63, 3.8) is 0 Å². The second-order valence-electron chi connectivity index (χ2n) is 8.82. The van der Waals surface area contributed by atoms with Crippen LogP contribution in [0.5, 0.6) is 0 Å². The molecule has 2 aromatic heterocycles. The molecule has 4 aromatic rings. The number of carbonyl (C=O) groups excluding carboxylic acids is 1. The van der Waals surface area contributed by atoms with E-state index in [0.717, 1.165) is 41.8 Å². The van der Waals surface area contributed by atoms with Crippen LogP contribution in [0.3, 0.4) is 0 Å². The van der Waals surface area contributed by atoms with Crippen molar-refractivity contribution in [1.82, 2.24) is 14.8 Å². The summed E-state index contributed by atoms with van der Waals surface area (Å²) >= 11 is 0. The molecule has 0 spiro atoms. The largest absolute Gasteiger partial charge is 0.416 e.